The molecule has 1 amide bonds. The summed E-state index contributed by atoms with van der Waals surface area (Å²) < 4.78 is 0. The van der Waals surface area contributed by atoms with E-state index in [0.29, 0.717) is 26.1 Å². The normalized spacial score (nSPS) is 10.7. The topological polar surface area (TPSA) is 78.6 Å². The molecule has 18 heavy (non-hydrogen) atoms. The van der Waals surface area contributed by atoms with Gasteiger partial charge in [0.25, 0.3) is 0 Å². The molecule has 1 rings (SSSR count). The Bertz CT molecular complexity index is 365. The van der Waals surface area contributed by atoms with Gasteiger partial charge in [-0.2, -0.15) is 0 Å². The Kier molecular flexibility index (Phi) is 6.35. The number of carbonyl (C=O) groups is 1. The number of likely N-dealkylation sites (N-methyl/N-ethyl adjacent to an activating group) is 1. The summed E-state index contributed by atoms with van der Waals surface area (Å²) in [6.07, 6.45) is 0.676. The van der Waals surface area contributed by atoms with Gasteiger partial charge in [0.1, 0.15) is 0 Å². The van der Waals surface area contributed by atoms with E-state index in [4.69, 9.17) is 10.8 Å². The van der Waals surface area contributed by atoms with Crippen LogP contribution in [0.4, 0.5) is 5.69 Å². The van der Waals surface area contributed by atoms with E-state index >= 15 is 0 Å². The van der Waals surface area contributed by atoms with Crippen LogP contribution in [-0.4, -0.2) is 42.7 Å². The summed E-state index contributed by atoms with van der Waals surface area (Å²) in [6.45, 7) is 1.67. The van der Waals surface area contributed by atoms with Crippen molar-refractivity contribution in [3.63, 3.8) is 0 Å². The molecule has 1 aromatic rings. The number of nitrogens with two attached hydrogens (primary N) is 1. The Morgan fingerprint density at radius 2 is 2.06 bits per heavy atom. The molecular weight excluding hydrogens is 230 g/mol. The summed E-state index contributed by atoms with van der Waals surface area (Å²) in [5.41, 5.74) is 7.31. The molecule has 100 valence electrons. The fraction of sp³-hybridized carbons (Fsp3) is 0.462. The Morgan fingerprint density at radius 1 is 1.39 bits per heavy atom. The number of anilines is 1. The fourth-order valence-corrected chi connectivity index (χ4v) is 1.59. The van der Waals surface area contributed by atoms with Gasteiger partial charge in [-0.05, 0) is 31.2 Å². The molecule has 0 aliphatic carbocycles. The van der Waals surface area contributed by atoms with Gasteiger partial charge in [0.2, 0.25) is 5.91 Å². The SMILES string of the molecule is CN(CCCO)CC(=O)Nc1ccc(CN)cc1. The molecule has 0 saturated carbocycles. The van der Waals surface area contributed by atoms with Gasteiger partial charge < -0.3 is 16.2 Å². The maximum absolute atomic E-state index is 11.7. The van der Waals surface area contributed by atoms with Gasteiger partial charge >= 0.3 is 0 Å². The lowest BCUT2D eigenvalue weighted by molar-refractivity contribution is -0.117. The van der Waals surface area contributed by atoms with Crippen LogP contribution in [0.1, 0.15) is 12.0 Å². The van der Waals surface area contributed by atoms with Crippen LogP contribution in [0.25, 0.3) is 0 Å². The highest BCUT2D eigenvalue weighted by Gasteiger charge is 2.06. The minimum Gasteiger partial charge on any atom is -0.396 e. The summed E-state index contributed by atoms with van der Waals surface area (Å²) >= 11 is 0. The van der Waals surface area contributed by atoms with Crippen molar-refractivity contribution < 1.29 is 9.90 Å². The van der Waals surface area contributed by atoms with Gasteiger partial charge in [-0.1, -0.05) is 12.1 Å². The predicted molar refractivity (Wildman–Crippen MR) is 72.2 cm³/mol. The number of hydrogen-bond donors (Lipinski definition) is 3. The van der Waals surface area contributed by atoms with Crippen molar-refractivity contribution >= 4 is 11.6 Å². The summed E-state index contributed by atoms with van der Waals surface area (Å²) in [4.78, 5) is 13.6. The average molecular weight is 251 g/mol. The van der Waals surface area contributed by atoms with Crippen LogP contribution in [0.3, 0.4) is 0 Å². The maximum Gasteiger partial charge on any atom is 0.238 e. The van der Waals surface area contributed by atoms with Crippen molar-refractivity contribution in [1.29, 1.82) is 0 Å². The molecular formula is C13H21N3O2. The lowest BCUT2D eigenvalue weighted by Gasteiger charge is -2.15. The summed E-state index contributed by atoms with van der Waals surface area (Å²) in [5, 5.41) is 11.5. The first-order valence-corrected chi connectivity index (χ1v) is 6.04. The number of nitrogens with zero attached hydrogens (tertiary/aromatic N) is 1. The van der Waals surface area contributed by atoms with Crippen LogP contribution >= 0.6 is 0 Å². The van der Waals surface area contributed by atoms with Crippen molar-refractivity contribution in [2.45, 2.75) is 13.0 Å². The zero-order valence-electron chi connectivity index (χ0n) is 10.7. The van der Waals surface area contributed by atoms with Crippen molar-refractivity contribution in [2.24, 2.45) is 5.73 Å². The molecule has 0 heterocycles. The van der Waals surface area contributed by atoms with Crippen LogP contribution < -0.4 is 11.1 Å². The second kappa shape index (κ2) is 7.81. The zero-order valence-corrected chi connectivity index (χ0v) is 10.7. The summed E-state index contributed by atoms with van der Waals surface area (Å²) in [7, 11) is 1.85. The fourth-order valence-electron chi connectivity index (χ4n) is 1.59. The molecule has 0 aliphatic rings. The van der Waals surface area contributed by atoms with Gasteiger partial charge in [-0.15, -0.1) is 0 Å². The highest BCUT2D eigenvalue weighted by atomic mass is 16.3. The quantitative estimate of drug-likeness (QED) is 0.655. The van der Waals surface area contributed by atoms with Crippen LogP contribution in [0, 0.1) is 0 Å². The lowest BCUT2D eigenvalue weighted by Crippen LogP contribution is -2.31. The molecule has 0 fully saturated rings. The molecule has 0 aliphatic heterocycles. The van der Waals surface area contributed by atoms with E-state index < -0.39 is 0 Å². The Morgan fingerprint density at radius 3 is 2.61 bits per heavy atom. The van der Waals surface area contributed by atoms with Crippen LogP contribution in [0.5, 0.6) is 0 Å². The van der Waals surface area contributed by atoms with Gasteiger partial charge in [0, 0.05) is 25.4 Å². The zero-order chi connectivity index (χ0) is 13.4. The second-order valence-corrected chi connectivity index (χ2v) is 4.26. The van der Waals surface area contributed by atoms with Crippen molar-refractivity contribution in [3.8, 4) is 0 Å². The average Bonchev–Trinajstić information content (AvgIpc) is 2.37. The first kappa shape index (κ1) is 14.6. The molecule has 0 atom stereocenters. The minimum absolute atomic E-state index is 0.0593. The third-order valence-corrected chi connectivity index (χ3v) is 2.58. The van der Waals surface area contributed by atoms with E-state index in [2.05, 4.69) is 5.32 Å². The van der Waals surface area contributed by atoms with Gasteiger partial charge in [-0.3, -0.25) is 9.69 Å². The molecule has 5 nitrogen and oxygen atoms in total. The molecule has 0 radical (unpaired) electrons. The highest BCUT2D eigenvalue weighted by Crippen LogP contribution is 2.08. The number of hydrogen-bond acceptors (Lipinski definition) is 4. The molecule has 0 saturated heterocycles. The number of amides is 1. The number of benzene rings is 1. The van der Waals surface area contributed by atoms with Crippen molar-refractivity contribution in [2.75, 3.05) is 32.1 Å². The standard InChI is InChI=1S/C13H21N3O2/c1-16(7-2-8-17)10-13(18)15-12-5-3-11(9-14)4-6-12/h3-6,17H,2,7-10,14H2,1H3,(H,15,18). The van der Waals surface area contributed by atoms with E-state index in [0.717, 1.165) is 11.3 Å². The maximum atomic E-state index is 11.7. The van der Waals surface area contributed by atoms with Crippen LogP contribution in [-0.2, 0) is 11.3 Å². The lowest BCUT2D eigenvalue weighted by atomic mass is 10.2. The highest BCUT2D eigenvalue weighted by molar-refractivity contribution is 5.92. The molecule has 5 heteroatoms. The van der Waals surface area contributed by atoms with Gasteiger partial charge in [0.05, 0.1) is 6.54 Å². The molecule has 0 bridgehead atoms. The van der Waals surface area contributed by atoms with Crippen molar-refractivity contribution in [3.05, 3.63) is 29.8 Å². The van der Waals surface area contributed by atoms with Crippen LogP contribution in [0.15, 0.2) is 24.3 Å². The Labute approximate surface area is 108 Å². The monoisotopic (exact) mass is 251 g/mol. The molecule has 4 N–H and O–H groups in total. The van der Waals surface area contributed by atoms with E-state index in [9.17, 15) is 4.79 Å². The minimum atomic E-state index is -0.0593. The van der Waals surface area contributed by atoms with Gasteiger partial charge in [-0.25, -0.2) is 0 Å². The molecule has 1 aromatic carbocycles. The van der Waals surface area contributed by atoms with Gasteiger partial charge in [0.15, 0.2) is 0 Å². The molecule has 0 aromatic heterocycles. The Balaban J connectivity index is 2.39. The van der Waals surface area contributed by atoms with Crippen molar-refractivity contribution in [1.82, 2.24) is 4.90 Å². The summed E-state index contributed by atoms with van der Waals surface area (Å²) in [6, 6.07) is 7.47. The number of aliphatic hydroxyl groups is 1. The third-order valence-electron chi connectivity index (χ3n) is 2.58. The van der Waals surface area contributed by atoms with E-state index in [-0.39, 0.29) is 12.5 Å². The largest absolute Gasteiger partial charge is 0.396 e. The van der Waals surface area contributed by atoms with E-state index in [1.54, 1.807) is 0 Å². The second-order valence-electron chi connectivity index (χ2n) is 4.26. The van der Waals surface area contributed by atoms with E-state index in [1.165, 1.54) is 0 Å². The first-order chi connectivity index (χ1) is 8.65. The van der Waals surface area contributed by atoms with Crippen LogP contribution in [0.2, 0.25) is 0 Å². The predicted octanol–water partition coefficient (Wildman–Crippen LogP) is 0.398. The first-order valence-electron chi connectivity index (χ1n) is 6.04. The third kappa shape index (κ3) is 5.27. The number of nitrogens with one attached hydrogen (secondary N) is 1. The molecule has 0 spiro atoms. The van der Waals surface area contributed by atoms with E-state index in [1.807, 2.05) is 36.2 Å². The number of aliphatic hydroxyl groups excluding tert-OH is 1. The smallest absolute Gasteiger partial charge is 0.238 e. The number of carbonyl (C=O) groups excluding carboxylic acids is 1. The number of rotatable bonds is 7. The molecule has 0 unspecified atom stereocenters. The summed E-state index contributed by atoms with van der Waals surface area (Å²) in [5.74, 6) is -0.0593. The Hall–Kier alpha value is -1.43.